The van der Waals surface area contributed by atoms with Gasteiger partial charge in [0.25, 0.3) is 0 Å². The highest BCUT2D eigenvalue weighted by atomic mass is 35.5. The predicted molar refractivity (Wildman–Crippen MR) is 110 cm³/mol. The van der Waals surface area contributed by atoms with E-state index in [4.69, 9.17) is 16.6 Å². The third-order valence-corrected chi connectivity index (χ3v) is 5.36. The topological polar surface area (TPSA) is 33.2 Å². The van der Waals surface area contributed by atoms with Gasteiger partial charge < -0.3 is 0 Å². The summed E-state index contributed by atoms with van der Waals surface area (Å²) < 4.78 is 13.8. The van der Waals surface area contributed by atoms with Gasteiger partial charge in [-0.15, -0.1) is 11.3 Å². The van der Waals surface area contributed by atoms with Crippen LogP contribution in [0.25, 0.3) is 11.3 Å². The molecule has 27 heavy (non-hydrogen) atoms. The Morgan fingerprint density at radius 2 is 1.96 bits per heavy atom. The van der Waals surface area contributed by atoms with Crippen LogP contribution in [-0.4, -0.2) is 10.9 Å². The Labute approximate surface area is 167 Å². The highest BCUT2D eigenvalue weighted by Crippen LogP contribution is 2.36. The maximum Gasteiger partial charge on any atom is 0.233 e. The Bertz CT molecular complexity index is 940. The molecule has 0 fully saturated rings. The van der Waals surface area contributed by atoms with Crippen LogP contribution < -0.4 is 4.90 Å². The third kappa shape index (κ3) is 4.54. The Kier molecular flexibility index (Phi) is 6.24. The quantitative estimate of drug-likeness (QED) is 0.456. The van der Waals surface area contributed by atoms with Crippen molar-refractivity contribution in [3.8, 4) is 11.3 Å². The Morgan fingerprint density at radius 3 is 2.63 bits per heavy atom. The fourth-order valence-corrected chi connectivity index (χ4v) is 3.87. The first-order chi connectivity index (χ1) is 13.0. The summed E-state index contributed by atoms with van der Waals surface area (Å²) in [4.78, 5) is 20.1. The molecule has 0 bridgehead atoms. The van der Waals surface area contributed by atoms with Crippen LogP contribution in [0.3, 0.4) is 0 Å². The van der Waals surface area contributed by atoms with Gasteiger partial charge in [0.05, 0.1) is 11.4 Å². The number of aromatic nitrogens is 1. The molecule has 3 rings (SSSR count). The fourth-order valence-electron chi connectivity index (χ4n) is 2.77. The van der Waals surface area contributed by atoms with Crippen molar-refractivity contribution in [1.82, 2.24) is 4.98 Å². The first-order valence-electron chi connectivity index (χ1n) is 8.81. The molecule has 0 aliphatic rings. The monoisotopic (exact) mass is 402 g/mol. The number of unbranched alkanes of at least 4 members (excludes halogenated alkanes) is 1. The molecule has 2 aromatic carbocycles. The van der Waals surface area contributed by atoms with Crippen molar-refractivity contribution in [3.63, 3.8) is 0 Å². The van der Waals surface area contributed by atoms with Gasteiger partial charge in [-0.2, -0.15) is 0 Å². The van der Waals surface area contributed by atoms with Crippen molar-refractivity contribution < 1.29 is 9.18 Å². The summed E-state index contributed by atoms with van der Waals surface area (Å²) in [6.45, 7) is 4.00. The molecule has 0 aliphatic heterocycles. The van der Waals surface area contributed by atoms with Gasteiger partial charge >= 0.3 is 0 Å². The number of nitrogens with zero attached hydrogens (tertiary/aromatic N) is 2. The normalized spacial score (nSPS) is 10.8. The Morgan fingerprint density at radius 1 is 1.22 bits per heavy atom. The summed E-state index contributed by atoms with van der Waals surface area (Å²) in [7, 11) is 0. The molecule has 6 heteroatoms. The average Bonchev–Trinajstić information content (AvgIpc) is 3.02. The molecule has 0 spiro atoms. The number of thiazole rings is 1. The maximum atomic E-state index is 13.8. The van der Waals surface area contributed by atoms with E-state index in [0.29, 0.717) is 22.3 Å². The van der Waals surface area contributed by atoms with Crippen LogP contribution in [0.4, 0.5) is 15.2 Å². The van der Waals surface area contributed by atoms with Crippen molar-refractivity contribution in [2.24, 2.45) is 0 Å². The van der Waals surface area contributed by atoms with Gasteiger partial charge in [-0.25, -0.2) is 9.37 Å². The maximum absolute atomic E-state index is 13.8. The first kappa shape index (κ1) is 19.5. The smallest absolute Gasteiger partial charge is 0.233 e. The molecule has 1 amide bonds. The van der Waals surface area contributed by atoms with Crippen LogP contribution in [-0.2, 0) is 4.79 Å². The zero-order valence-corrected chi connectivity index (χ0v) is 16.8. The van der Waals surface area contributed by atoms with E-state index in [1.165, 1.54) is 28.4 Å². The van der Waals surface area contributed by atoms with Crippen LogP contribution in [0.2, 0.25) is 5.02 Å². The standard InChI is InChI=1S/C21H20ClFN2OS/c1-3-4-8-19(26)25(18-7-5-6-17(23)13-18)21-24-20(14(2)27-21)15-9-11-16(22)12-10-15/h5-7,9-13H,3-4,8H2,1-2H3. The van der Waals surface area contributed by atoms with E-state index in [1.807, 2.05) is 38.1 Å². The molecule has 0 N–H and O–H groups in total. The van der Waals surface area contributed by atoms with Gasteiger partial charge in [-0.3, -0.25) is 9.69 Å². The largest absolute Gasteiger partial charge is 0.274 e. The van der Waals surface area contributed by atoms with Gasteiger partial charge in [-0.1, -0.05) is 43.1 Å². The molecule has 0 saturated carbocycles. The van der Waals surface area contributed by atoms with E-state index in [-0.39, 0.29) is 11.7 Å². The van der Waals surface area contributed by atoms with Crippen LogP contribution in [0, 0.1) is 12.7 Å². The number of benzene rings is 2. The zero-order valence-electron chi connectivity index (χ0n) is 15.2. The molecule has 1 heterocycles. The van der Waals surface area contributed by atoms with Crippen molar-refractivity contribution >= 4 is 39.7 Å². The summed E-state index contributed by atoms with van der Waals surface area (Å²) >= 11 is 7.40. The van der Waals surface area contributed by atoms with Gasteiger partial charge in [0, 0.05) is 21.9 Å². The van der Waals surface area contributed by atoms with Crippen LogP contribution in [0.15, 0.2) is 48.5 Å². The molecule has 1 aromatic heterocycles. The molecule has 3 aromatic rings. The zero-order chi connectivity index (χ0) is 19.4. The number of hydrogen-bond acceptors (Lipinski definition) is 3. The van der Waals surface area contributed by atoms with Gasteiger partial charge in [0.2, 0.25) is 5.91 Å². The van der Waals surface area contributed by atoms with Crippen molar-refractivity contribution in [1.29, 1.82) is 0 Å². The number of hydrogen-bond donors (Lipinski definition) is 0. The molecule has 3 nitrogen and oxygen atoms in total. The van der Waals surface area contributed by atoms with Gasteiger partial charge in [0.15, 0.2) is 5.13 Å². The number of amides is 1. The highest BCUT2D eigenvalue weighted by Gasteiger charge is 2.23. The number of aryl methyl sites for hydroxylation is 1. The molecular weight excluding hydrogens is 383 g/mol. The number of carbonyl (C=O) groups excluding carboxylic acids is 1. The summed E-state index contributed by atoms with van der Waals surface area (Å²) in [6, 6.07) is 13.5. The van der Waals surface area contributed by atoms with Gasteiger partial charge in [-0.05, 0) is 43.7 Å². The van der Waals surface area contributed by atoms with E-state index in [0.717, 1.165) is 29.0 Å². The fraction of sp³-hybridized carbons (Fsp3) is 0.238. The minimum absolute atomic E-state index is 0.0844. The van der Waals surface area contributed by atoms with Gasteiger partial charge in [0.1, 0.15) is 5.82 Å². The van der Waals surface area contributed by atoms with Crippen LogP contribution >= 0.6 is 22.9 Å². The van der Waals surface area contributed by atoms with E-state index < -0.39 is 0 Å². The lowest BCUT2D eigenvalue weighted by atomic mass is 10.1. The molecular formula is C21H20ClFN2OS. The Hall–Kier alpha value is -2.24. The summed E-state index contributed by atoms with van der Waals surface area (Å²) in [6.07, 6.45) is 2.08. The molecule has 0 saturated heterocycles. The van der Waals surface area contributed by atoms with Crippen molar-refractivity contribution in [2.75, 3.05) is 4.90 Å². The van der Waals surface area contributed by atoms with Crippen molar-refractivity contribution in [3.05, 3.63) is 64.2 Å². The molecule has 140 valence electrons. The van der Waals surface area contributed by atoms with E-state index in [1.54, 1.807) is 12.1 Å². The molecule has 0 aliphatic carbocycles. The second kappa shape index (κ2) is 8.63. The van der Waals surface area contributed by atoms with Crippen molar-refractivity contribution in [2.45, 2.75) is 33.1 Å². The molecule has 0 unspecified atom stereocenters. The van der Waals surface area contributed by atoms with E-state index in [2.05, 4.69) is 0 Å². The van der Waals surface area contributed by atoms with E-state index in [9.17, 15) is 9.18 Å². The minimum atomic E-state index is -0.382. The summed E-state index contributed by atoms with van der Waals surface area (Å²) in [5, 5.41) is 1.20. The second-order valence-electron chi connectivity index (χ2n) is 6.22. The van der Waals surface area contributed by atoms with Crippen LogP contribution in [0.5, 0.6) is 0 Å². The lowest BCUT2D eigenvalue weighted by molar-refractivity contribution is -0.118. The molecule has 0 atom stereocenters. The summed E-state index contributed by atoms with van der Waals surface area (Å²) in [5.74, 6) is -0.467. The second-order valence-corrected chi connectivity index (χ2v) is 7.84. The number of halogens is 2. The Balaban J connectivity index is 2.03. The van der Waals surface area contributed by atoms with Crippen LogP contribution in [0.1, 0.15) is 31.1 Å². The average molecular weight is 403 g/mol. The predicted octanol–water partition coefficient (Wildman–Crippen LogP) is 6.77. The third-order valence-electron chi connectivity index (χ3n) is 4.15. The SMILES string of the molecule is CCCCC(=O)N(c1cccc(F)c1)c1nc(-c2ccc(Cl)cc2)c(C)s1. The number of anilines is 2. The summed E-state index contributed by atoms with van der Waals surface area (Å²) in [5.41, 5.74) is 2.23. The highest BCUT2D eigenvalue weighted by molar-refractivity contribution is 7.16. The lowest BCUT2D eigenvalue weighted by Gasteiger charge is -2.20. The first-order valence-corrected chi connectivity index (χ1v) is 10.0. The minimum Gasteiger partial charge on any atom is -0.274 e. The van der Waals surface area contributed by atoms with E-state index >= 15 is 0 Å². The lowest BCUT2D eigenvalue weighted by Crippen LogP contribution is -2.25. The number of carbonyl (C=O) groups is 1. The number of rotatable bonds is 6. The molecule has 0 radical (unpaired) electrons.